The smallest absolute Gasteiger partial charge is 0.0465 e. The first-order valence-electron chi connectivity index (χ1n) is 5.25. The maximum atomic E-state index is 6.05. The summed E-state index contributed by atoms with van der Waals surface area (Å²) in [6.07, 6.45) is 1.17. The largest absolute Gasteiger partial charge is 0.313 e. The number of rotatable bonds is 5. The highest BCUT2D eigenvalue weighted by atomic mass is 35.5. The molecule has 1 nitrogen and oxygen atoms in total. The summed E-state index contributed by atoms with van der Waals surface area (Å²) in [4.78, 5) is 0. The monoisotopic (exact) mass is 245 g/mol. The zero-order chi connectivity index (χ0) is 11.3. The molecular weight excluding hydrogens is 229 g/mol. The van der Waals surface area contributed by atoms with Crippen molar-refractivity contribution in [3.8, 4) is 0 Å². The second-order valence-corrected chi connectivity index (χ2v) is 4.87. The Morgan fingerprint density at radius 2 is 1.80 bits per heavy atom. The first kappa shape index (κ1) is 12.8. The average molecular weight is 246 g/mol. The summed E-state index contributed by atoms with van der Waals surface area (Å²) in [7, 11) is 0. The molecule has 1 rings (SSSR count). The first-order chi connectivity index (χ1) is 7.11. The van der Waals surface area contributed by atoms with Gasteiger partial charge >= 0.3 is 0 Å². The van der Waals surface area contributed by atoms with Crippen LogP contribution in [0.3, 0.4) is 0 Å². The molecule has 1 aromatic carbocycles. The highest BCUT2D eigenvalue weighted by molar-refractivity contribution is 6.35. The van der Waals surface area contributed by atoms with Crippen molar-refractivity contribution in [1.82, 2.24) is 5.32 Å². The molecule has 15 heavy (non-hydrogen) atoms. The molecule has 0 saturated heterocycles. The Kier molecular flexibility index (Phi) is 5.44. The van der Waals surface area contributed by atoms with E-state index in [-0.39, 0.29) is 0 Å². The molecule has 0 bridgehead atoms. The Balaban J connectivity index is 2.43. The zero-order valence-corrected chi connectivity index (χ0v) is 10.7. The summed E-state index contributed by atoms with van der Waals surface area (Å²) < 4.78 is 0. The van der Waals surface area contributed by atoms with Crippen LogP contribution < -0.4 is 5.32 Å². The maximum Gasteiger partial charge on any atom is 0.0465 e. The van der Waals surface area contributed by atoms with Gasteiger partial charge in [0.1, 0.15) is 0 Å². The zero-order valence-electron chi connectivity index (χ0n) is 9.19. The van der Waals surface area contributed by atoms with Crippen LogP contribution in [0, 0.1) is 5.92 Å². The molecule has 0 radical (unpaired) electrons. The lowest BCUT2D eigenvalue weighted by molar-refractivity contribution is 0.537. The predicted octanol–water partition coefficient (Wildman–Crippen LogP) is 4.13. The van der Waals surface area contributed by atoms with E-state index in [0.29, 0.717) is 0 Å². The van der Waals surface area contributed by atoms with Gasteiger partial charge in [-0.25, -0.2) is 0 Å². The highest BCUT2D eigenvalue weighted by Crippen LogP contribution is 2.23. The van der Waals surface area contributed by atoms with E-state index in [1.807, 2.05) is 18.2 Å². The number of halogens is 2. The maximum absolute atomic E-state index is 6.05. The lowest BCUT2D eigenvalue weighted by atomic mass is 10.1. The van der Waals surface area contributed by atoms with Crippen LogP contribution >= 0.6 is 23.2 Å². The number of hydrogen-bond donors (Lipinski definition) is 1. The summed E-state index contributed by atoms with van der Waals surface area (Å²) in [6, 6.07) is 5.60. The fourth-order valence-corrected chi connectivity index (χ4v) is 1.84. The van der Waals surface area contributed by atoms with Gasteiger partial charge in [-0.05, 0) is 31.0 Å². The van der Waals surface area contributed by atoms with Crippen molar-refractivity contribution in [2.75, 3.05) is 6.54 Å². The summed E-state index contributed by atoms with van der Waals surface area (Å²) in [6.45, 7) is 6.17. The molecule has 0 fully saturated rings. The quantitative estimate of drug-likeness (QED) is 0.770. The van der Waals surface area contributed by atoms with Crippen molar-refractivity contribution in [2.45, 2.75) is 26.8 Å². The second-order valence-electron chi connectivity index (χ2n) is 4.06. The van der Waals surface area contributed by atoms with Gasteiger partial charge < -0.3 is 5.32 Å². The van der Waals surface area contributed by atoms with Crippen LogP contribution in [0.1, 0.15) is 25.8 Å². The van der Waals surface area contributed by atoms with Crippen molar-refractivity contribution in [3.63, 3.8) is 0 Å². The van der Waals surface area contributed by atoms with Gasteiger partial charge in [-0.3, -0.25) is 0 Å². The molecule has 3 heteroatoms. The van der Waals surface area contributed by atoms with Crippen molar-refractivity contribution < 1.29 is 0 Å². The van der Waals surface area contributed by atoms with Crippen molar-refractivity contribution in [2.24, 2.45) is 5.92 Å². The molecule has 0 amide bonds. The summed E-state index contributed by atoms with van der Waals surface area (Å²) in [5.74, 6) is 0.721. The number of hydrogen-bond acceptors (Lipinski definition) is 1. The van der Waals surface area contributed by atoms with Gasteiger partial charge in [0.05, 0.1) is 0 Å². The Labute approximate surface area is 102 Å². The van der Waals surface area contributed by atoms with E-state index in [2.05, 4.69) is 19.2 Å². The molecule has 0 aromatic heterocycles. The van der Waals surface area contributed by atoms with Crippen LogP contribution in [-0.4, -0.2) is 6.54 Å². The van der Waals surface area contributed by atoms with Crippen LogP contribution in [0.4, 0.5) is 0 Å². The molecule has 84 valence electrons. The molecule has 1 aromatic rings. The minimum atomic E-state index is 0.721. The number of benzene rings is 1. The van der Waals surface area contributed by atoms with Crippen molar-refractivity contribution in [1.29, 1.82) is 0 Å². The molecule has 0 aliphatic heterocycles. The Morgan fingerprint density at radius 1 is 1.20 bits per heavy atom. The molecule has 0 saturated carbocycles. The fraction of sp³-hybridized carbons (Fsp3) is 0.500. The minimum Gasteiger partial charge on any atom is -0.313 e. The third kappa shape index (κ3) is 4.42. The molecule has 0 atom stereocenters. The van der Waals surface area contributed by atoms with Gasteiger partial charge in [-0.15, -0.1) is 0 Å². The minimum absolute atomic E-state index is 0.721. The van der Waals surface area contributed by atoms with E-state index in [4.69, 9.17) is 23.2 Å². The summed E-state index contributed by atoms with van der Waals surface area (Å²) >= 11 is 12.1. The molecule has 0 unspecified atom stereocenters. The van der Waals surface area contributed by atoms with Gasteiger partial charge in [-0.2, -0.15) is 0 Å². The van der Waals surface area contributed by atoms with Gasteiger partial charge in [-0.1, -0.05) is 43.1 Å². The third-order valence-electron chi connectivity index (χ3n) is 2.26. The SMILES string of the molecule is CC(C)CCNCc1c(Cl)cccc1Cl. The van der Waals surface area contributed by atoms with Crippen molar-refractivity contribution in [3.05, 3.63) is 33.8 Å². The second kappa shape index (κ2) is 6.37. The average Bonchev–Trinajstić information content (AvgIpc) is 2.15. The molecule has 0 spiro atoms. The molecule has 1 N–H and O–H groups in total. The van der Waals surface area contributed by atoms with Gasteiger partial charge in [0, 0.05) is 22.2 Å². The van der Waals surface area contributed by atoms with E-state index in [1.54, 1.807) is 0 Å². The fourth-order valence-electron chi connectivity index (χ4n) is 1.31. The molecule has 0 aliphatic carbocycles. The number of nitrogens with one attached hydrogen (secondary N) is 1. The van der Waals surface area contributed by atoms with Gasteiger partial charge in [0.15, 0.2) is 0 Å². The normalized spacial score (nSPS) is 11.0. The van der Waals surface area contributed by atoms with Crippen LogP contribution in [-0.2, 0) is 6.54 Å². The Hall–Kier alpha value is -0.240. The van der Waals surface area contributed by atoms with Gasteiger partial charge in [0.25, 0.3) is 0 Å². The Bertz CT molecular complexity index is 290. The first-order valence-corrected chi connectivity index (χ1v) is 6.00. The highest BCUT2D eigenvalue weighted by Gasteiger charge is 2.04. The third-order valence-corrected chi connectivity index (χ3v) is 2.97. The van der Waals surface area contributed by atoms with Crippen LogP contribution in [0.5, 0.6) is 0 Å². The van der Waals surface area contributed by atoms with Crippen LogP contribution in [0.25, 0.3) is 0 Å². The van der Waals surface area contributed by atoms with E-state index >= 15 is 0 Å². The lowest BCUT2D eigenvalue weighted by Crippen LogP contribution is -2.16. The summed E-state index contributed by atoms with van der Waals surface area (Å²) in [5, 5.41) is 4.82. The topological polar surface area (TPSA) is 12.0 Å². The Morgan fingerprint density at radius 3 is 2.33 bits per heavy atom. The van der Waals surface area contributed by atoms with Crippen molar-refractivity contribution >= 4 is 23.2 Å². The molecule has 0 heterocycles. The van der Waals surface area contributed by atoms with E-state index in [0.717, 1.165) is 34.6 Å². The molecule has 0 aliphatic rings. The van der Waals surface area contributed by atoms with E-state index in [9.17, 15) is 0 Å². The van der Waals surface area contributed by atoms with E-state index < -0.39 is 0 Å². The lowest BCUT2D eigenvalue weighted by Gasteiger charge is -2.09. The van der Waals surface area contributed by atoms with Crippen LogP contribution in [0.15, 0.2) is 18.2 Å². The van der Waals surface area contributed by atoms with E-state index in [1.165, 1.54) is 6.42 Å². The van der Waals surface area contributed by atoms with Gasteiger partial charge in [0.2, 0.25) is 0 Å². The standard InChI is InChI=1S/C12H17Cl2N/c1-9(2)6-7-15-8-10-11(13)4-3-5-12(10)14/h3-5,9,15H,6-8H2,1-2H3. The van der Waals surface area contributed by atoms with Crippen LogP contribution in [0.2, 0.25) is 10.0 Å². The summed E-state index contributed by atoms with van der Waals surface area (Å²) in [5.41, 5.74) is 0.990. The molecular formula is C12H17Cl2N. The predicted molar refractivity (Wildman–Crippen MR) is 67.6 cm³/mol.